The van der Waals surface area contributed by atoms with E-state index >= 15 is 0 Å². The van der Waals surface area contributed by atoms with Crippen LogP contribution in [0.3, 0.4) is 0 Å². The van der Waals surface area contributed by atoms with Crippen LogP contribution in [0.1, 0.15) is 72.1 Å². The zero-order chi connectivity index (χ0) is 29.4. The molecule has 0 spiro atoms. The lowest BCUT2D eigenvalue weighted by molar-refractivity contribution is -0.192. The van der Waals surface area contributed by atoms with Gasteiger partial charge in [-0.15, -0.1) is 0 Å². The second kappa shape index (κ2) is 13.4. The van der Waals surface area contributed by atoms with E-state index in [0.29, 0.717) is 28.7 Å². The van der Waals surface area contributed by atoms with Gasteiger partial charge in [-0.1, -0.05) is 43.9 Å². The number of amides is 4. The number of carbonyl (C=O) groups is 5. The van der Waals surface area contributed by atoms with Gasteiger partial charge in [-0.25, -0.2) is 4.79 Å². The van der Waals surface area contributed by atoms with Crippen molar-refractivity contribution in [3.8, 4) is 0 Å². The van der Waals surface area contributed by atoms with Crippen LogP contribution in [-0.2, 0) is 14.4 Å². The average Bonchev–Trinajstić information content (AvgIpc) is 2.90. The van der Waals surface area contributed by atoms with E-state index in [4.69, 9.17) is 15.6 Å². The molecule has 5 N–H and O–H groups in total. The number of nitrogens with zero attached hydrogens (tertiary/aromatic N) is 1. The van der Waals surface area contributed by atoms with Gasteiger partial charge in [0.2, 0.25) is 11.8 Å². The summed E-state index contributed by atoms with van der Waals surface area (Å²) in [5.74, 6) is -4.75. The zero-order valence-electron chi connectivity index (χ0n) is 21.7. The fraction of sp³-hybridized carbons (Fsp3) is 0.444. The Morgan fingerprint density at radius 1 is 1.00 bits per heavy atom. The lowest BCUT2D eigenvalue weighted by Crippen LogP contribution is -2.57. The summed E-state index contributed by atoms with van der Waals surface area (Å²) in [4.78, 5) is 60.8. The predicted octanol–water partition coefficient (Wildman–Crippen LogP) is 3.59. The Labute approximate surface area is 228 Å². The van der Waals surface area contributed by atoms with Crippen LogP contribution in [0.15, 0.2) is 30.3 Å². The van der Waals surface area contributed by atoms with Gasteiger partial charge in [0.1, 0.15) is 6.04 Å². The lowest BCUT2D eigenvalue weighted by atomic mass is 9.90. The average molecular weight is 565 g/mol. The number of hydrogen-bond acceptors (Lipinski definition) is 7. The number of anilines is 1. The molecule has 0 bridgehead atoms. The summed E-state index contributed by atoms with van der Waals surface area (Å²) < 4.78 is 31.7. The van der Waals surface area contributed by atoms with Crippen molar-refractivity contribution in [1.29, 1.82) is 0 Å². The summed E-state index contributed by atoms with van der Waals surface area (Å²) in [6, 6.07) is 8.10. The third-order valence-electron chi connectivity index (χ3n) is 6.64. The summed E-state index contributed by atoms with van der Waals surface area (Å²) in [5, 5.41) is 14.2. The Bertz CT molecular complexity index is 1300. The third kappa shape index (κ3) is 7.14. The largest absolute Gasteiger partial charge is 0.490 e. The first kappa shape index (κ1) is 30.5. The van der Waals surface area contributed by atoms with Crippen molar-refractivity contribution in [1.82, 2.24) is 10.2 Å². The minimum atomic E-state index is -5.08. The third-order valence-corrected chi connectivity index (χ3v) is 6.64. The molecule has 2 aliphatic rings. The summed E-state index contributed by atoms with van der Waals surface area (Å²) >= 11 is 0. The van der Waals surface area contributed by atoms with Crippen molar-refractivity contribution >= 4 is 46.1 Å². The first-order valence-electron chi connectivity index (χ1n) is 13.0. The molecular formula is C27H31F3N4O6. The number of carbonyl (C=O) groups excluding carboxylic acids is 4. The van der Waals surface area contributed by atoms with Gasteiger partial charge in [-0.05, 0) is 43.3 Å². The number of unbranched alkanes of at least 4 members (excludes halogenated alkanes) is 5. The molecule has 1 fully saturated rings. The summed E-state index contributed by atoms with van der Waals surface area (Å²) in [6.07, 6.45) is 1.72. The molecule has 1 atom stereocenters. The molecule has 0 aliphatic carbocycles. The maximum Gasteiger partial charge on any atom is 0.490 e. The van der Waals surface area contributed by atoms with Crippen LogP contribution < -0.4 is 16.4 Å². The van der Waals surface area contributed by atoms with E-state index in [9.17, 15) is 32.3 Å². The quantitative estimate of drug-likeness (QED) is 0.252. The van der Waals surface area contributed by atoms with E-state index in [-0.39, 0.29) is 18.7 Å². The lowest BCUT2D eigenvalue weighted by Gasteiger charge is -2.35. The van der Waals surface area contributed by atoms with Crippen molar-refractivity contribution < 1.29 is 42.3 Å². The molecule has 2 aromatic carbocycles. The van der Waals surface area contributed by atoms with Crippen LogP contribution in [-0.4, -0.2) is 64.9 Å². The van der Waals surface area contributed by atoms with Crippen LogP contribution in [0, 0.1) is 0 Å². The number of carboxylic acid groups (broad SMARTS) is 1. The molecule has 13 heteroatoms. The number of nitrogens with two attached hydrogens (primary N) is 1. The first-order chi connectivity index (χ1) is 19.0. The van der Waals surface area contributed by atoms with E-state index in [1.54, 1.807) is 12.1 Å². The summed E-state index contributed by atoms with van der Waals surface area (Å²) in [7, 11) is 0. The van der Waals surface area contributed by atoms with Crippen LogP contribution in [0.4, 0.5) is 18.9 Å². The smallest absolute Gasteiger partial charge is 0.475 e. The molecule has 4 rings (SSSR count). The maximum atomic E-state index is 13.6. The van der Waals surface area contributed by atoms with Gasteiger partial charge >= 0.3 is 12.1 Å². The summed E-state index contributed by atoms with van der Waals surface area (Å²) in [6.45, 7) is 1.44. The monoisotopic (exact) mass is 564 g/mol. The van der Waals surface area contributed by atoms with Gasteiger partial charge in [0.15, 0.2) is 0 Å². The number of halogens is 3. The zero-order valence-corrected chi connectivity index (χ0v) is 21.7. The Morgan fingerprint density at radius 3 is 2.27 bits per heavy atom. The van der Waals surface area contributed by atoms with E-state index in [1.165, 1.54) is 6.42 Å². The second-order valence-electron chi connectivity index (χ2n) is 9.48. The van der Waals surface area contributed by atoms with Crippen molar-refractivity contribution in [3.05, 3.63) is 41.5 Å². The van der Waals surface area contributed by atoms with E-state index < -0.39 is 35.9 Å². The number of nitrogens with one attached hydrogen (secondary N) is 2. The highest BCUT2D eigenvalue weighted by molar-refractivity contribution is 6.28. The maximum absolute atomic E-state index is 13.6. The topological polar surface area (TPSA) is 159 Å². The first-order valence-corrected chi connectivity index (χ1v) is 13.0. The van der Waals surface area contributed by atoms with Crippen molar-refractivity contribution in [2.45, 2.75) is 63.6 Å². The predicted molar refractivity (Wildman–Crippen MR) is 140 cm³/mol. The van der Waals surface area contributed by atoms with Gasteiger partial charge in [0.05, 0.1) is 5.56 Å². The molecule has 2 aromatic rings. The number of imide groups is 2. The minimum absolute atomic E-state index is 0.0930. The van der Waals surface area contributed by atoms with Crippen LogP contribution in [0.25, 0.3) is 10.8 Å². The SMILES string of the molecule is NCCCCCCCCNc1ccc2cccc3c2c1C(=O)N(C1CCC(=O)NC1=O)C3=O.O=C(O)C(F)(F)F. The molecule has 10 nitrogen and oxygen atoms in total. The highest BCUT2D eigenvalue weighted by Gasteiger charge is 2.43. The van der Waals surface area contributed by atoms with E-state index in [0.717, 1.165) is 48.9 Å². The molecule has 0 aromatic heterocycles. The van der Waals surface area contributed by atoms with Crippen LogP contribution in [0.5, 0.6) is 0 Å². The molecule has 40 heavy (non-hydrogen) atoms. The van der Waals surface area contributed by atoms with Crippen LogP contribution >= 0.6 is 0 Å². The number of alkyl halides is 3. The molecule has 1 unspecified atom stereocenters. The highest BCUT2D eigenvalue weighted by Crippen LogP contribution is 2.36. The highest BCUT2D eigenvalue weighted by atomic mass is 19.4. The van der Waals surface area contributed by atoms with Gasteiger partial charge in [-0.2, -0.15) is 13.2 Å². The number of rotatable bonds is 10. The molecule has 216 valence electrons. The Kier molecular flexibility index (Phi) is 10.2. The minimum Gasteiger partial charge on any atom is -0.475 e. The molecule has 0 radical (unpaired) electrons. The summed E-state index contributed by atoms with van der Waals surface area (Å²) in [5.41, 5.74) is 7.00. The molecule has 2 aliphatic heterocycles. The van der Waals surface area contributed by atoms with E-state index in [1.807, 2.05) is 18.2 Å². The van der Waals surface area contributed by atoms with Gasteiger partial charge in [0, 0.05) is 29.6 Å². The molecular weight excluding hydrogens is 533 g/mol. The van der Waals surface area contributed by atoms with Crippen molar-refractivity contribution in [2.75, 3.05) is 18.4 Å². The molecule has 1 saturated heterocycles. The number of benzene rings is 2. The Balaban J connectivity index is 0.000000559. The number of aliphatic carboxylic acids is 1. The van der Waals surface area contributed by atoms with Crippen molar-refractivity contribution in [2.24, 2.45) is 5.73 Å². The van der Waals surface area contributed by atoms with Gasteiger partial charge in [-0.3, -0.25) is 29.4 Å². The van der Waals surface area contributed by atoms with Gasteiger partial charge in [0.25, 0.3) is 11.8 Å². The number of carboxylic acids is 1. The number of piperidine rings is 1. The van der Waals surface area contributed by atoms with Crippen LogP contribution in [0.2, 0.25) is 0 Å². The fourth-order valence-electron chi connectivity index (χ4n) is 4.68. The number of hydrogen-bond donors (Lipinski definition) is 4. The Hall–Kier alpha value is -4.00. The van der Waals surface area contributed by atoms with Gasteiger partial charge < -0.3 is 16.2 Å². The molecule has 2 heterocycles. The normalized spacial score (nSPS) is 16.9. The molecule has 4 amide bonds. The fourth-order valence-corrected chi connectivity index (χ4v) is 4.68. The molecule has 0 saturated carbocycles. The Morgan fingerprint density at radius 2 is 1.65 bits per heavy atom. The second-order valence-corrected chi connectivity index (χ2v) is 9.48. The van der Waals surface area contributed by atoms with Crippen molar-refractivity contribution in [3.63, 3.8) is 0 Å². The standard InChI is InChI=1S/C25H30N4O4.C2HF3O2/c26-14-5-3-1-2-4-6-15-27-18-11-10-16-8-7-9-17-21(16)22(18)25(33)29(24(17)32)19-12-13-20(30)28-23(19)31;3-2(4,5)1(6)7/h7-11,19,27H,1-6,12-15,26H2,(H,28,30,31);(H,6,7). The van der Waals surface area contributed by atoms with E-state index in [2.05, 4.69) is 10.6 Å².